The molecule has 0 spiro atoms. The second-order valence-corrected chi connectivity index (χ2v) is 11.2. The standard InChI is InChI=1S/C42H28N3O.Pt/c46-41-23-9-8-21-37(41)39-26-34(29-12-2-1-3-13-29)25-38(44-39)32-18-10-19-35(24-32)45(40-22-11-17-30-14-6-7-20-36(30)40)42-27-31-15-4-5-16-33(31)28-43-42;/h1-23,25-28,46H;/q-1;. The van der Waals surface area contributed by atoms with Gasteiger partial charge in [0.15, 0.2) is 0 Å². The van der Waals surface area contributed by atoms with Crippen molar-refractivity contribution in [1.82, 2.24) is 9.97 Å². The van der Waals surface area contributed by atoms with Crippen molar-refractivity contribution in [2.45, 2.75) is 0 Å². The monoisotopic (exact) mass is 785 g/mol. The van der Waals surface area contributed by atoms with Crippen molar-refractivity contribution in [2.24, 2.45) is 0 Å². The average Bonchev–Trinajstić information content (AvgIpc) is 3.12. The third kappa shape index (κ3) is 5.92. The van der Waals surface area contributed by atoms with Crippen molar-refractivity contribution in [2.75, 3.05) is 4.90 Å². The number of aromatic nitrogens is 2. The van der Waals surface area contributed by atoms with Crippen LogP contribution in [0.2, 0.25) is 0 Å². The van der Waals surface area contributed by atoms with Crippen LogP contribution >= 0.6 is 0 Å². The summed E-state index contributed by atoms with van der Waals surface area (Å²) >= 11 is 0. The van der Waals surface area contributed by atoms with E-state index in [0.29, 0.717) is 11.3 Å². The maximum atomic E-state index is 10.8. The van der Waals surface area contributed by atoms with E-state index in [1.165, 1.54) is 0 Å². The summed E-state index contributed by atoms with van der Waals surface area (Å²) < 4.78 is 0. The Labute approximate surface area is 287 Å². The number of anilines is 3. The molecule has 0 saturated heterocycles. The van der Waals surface area contributed by atoms with Gasteiger partial charge in [0.05, 0.1) is 11.4 Å². The van der Waals surface area contributed by atoms with Gasteiger partial charge >= 0.3 is 0 Å². The Bertz CT molecular complexity index is 2350. The average molecular weight is 786 g/mol. The van der Waals surface area contributed by atoms with Gasteiger partial charge in [-0.25, -0.2) is 4.98 Å². The first-order chi connectivity index (χ1) is 22.7. The summed E-state index contributed by atoms with van der Waals surface area (Å²) in [6.07, 6.45) is 1.93. The van der Waals surface area contributed by atoms with Gasteiger partial charge in [0.25, 0.3) is 0 Å². The largest absolute Gasteiger partial charge is 0.507 e. The van der Waals surface area contributed by atoms with E-state index >= 15 is 0 Å². The van der Waals surface area contributed by atoms with Crippen LogP contribution in [0.15, 0.2) is 164 Å². The van der Waals surface area contributed by atoms with Crippen LogP contribution < -0.4 is 4.90 Å². The summed E-state index contributed by atoms with van der Waals surface area (Å²) in [5.41, 5.74) is 6.87. The van der Waals surface area contributed by atoms with E-state index < -0.39 is 0 Å². The number of pyridine rings is 2. The number of hydrogen-bond donors (Lipinski definition) is 1. The normalized spacial score (nSPS) is 10.9. The second kappa shape index (κ2) is 13.0. The third-order valence-electron chi connectivity index (χ3n) is 8.26. The fraction of sp³-hybridized carbons (Fsp3) is 0. The smallest absolute Gasteiger partial charge is 0.136 e. The fourth-order valence-electron chi connectivity index (χ4n) is 6.00. The summed E-state index contributed by atoms with van der Waals surface area (Å²) in [6.45, 7) is 0. The molecule has 4 nitrogen and oxygen atoms in total. The van der Waals surface area contributed by atoms with Crippen LogP contribution in [0.3, 0.4) is 0 Å². The molecular formula is C42H28N3OPt-. The van der Waals surface area contributed by atoms with Gasteiger partial charge < -0.3 is 10.0 Å². The van der Waals surface area contributed by atoms with E-state index in [1.54, 1.807) is 6.07 Å². The predicted molar refractivity (Wildman–Crippen MR) is 189 cm³/mol. The molecule has 0 unspecified atom stereocenters. The van der Waals surface area contributed by atoms with Gasteiger partial charge in [0.2, 0.25) is 0 Å². The van der Waals surface area contributed by atoms with Crippen molar-refractivity contribution in [3.05, 3.63) is 170 Å². The van der Waals surface area contributed by atoms with E-state index in [9.17, 15) is 5.11 Å². The number of benzene rings is 6. The zero-order chi connectivity index (χ0) is 30.9. The molecule has 5 heteroatoms. The molecule has 0 bridgehead atoms. The fourth-order valence-corrected chi connectivity index (χ4v) is 6.00. The molecule has 0 atom stereocenters. The van der Waals surface area contributed by atoms with E-state index in [4.69, 9.17) is 9.97 Å². The van der Waals surface area contributed by atoms with Crippen LogP contribution in [-0.4, -0.2) is 15.1 Å². The van der Waals surface area contributed by atoms with Crippen LogP contribution in [0.4, 0.5) is 17.2 Å². The topological polar surface area (TPSA) is 49.2 Å². The number of aromatic hydroxyl groups is 1. The molecule has 6 aromatic carbocycles. The van der Waals surface area contributed by atoms with Crippen molar-refractivity contribution in [3.8, 4) is 39.4 Å². The molecular weight excluding hydrogens is 758 g/mol. The van der Waals surface area contributed by atoms with Gasteiger partial charge in [-0.3, -0.25) is 4.98 Å². The first kappa shape index (κ1) is 30.1. The Morgan fingerprint density at radius 3 is 2.09 bits per heavy atom. The number of nitrogens with zero attached hydrogens (tertiary/aromatic N) is 3. The molecule has 47 heavy (non-hydrogen) atoms. The molecule has 2 heterocycles. The summed E-state index contributed by atoms with van der Waals surface area (Å²) in [5.74, 6) is 0.984. The van der Waals surface area contributed by atoms with Gasteiger partial charge in [0, 0.05) is 43.6 Å². The van der Waals surface area contributed by atoms with Crippen LogP contribution in [0, 0.1) is 6.07 Å². The van der Waals surface area contributed by atoms with E-state index in [1.807, 2.05) is 66.9 Å². The van der Waals surface area contributed by atoms with Crippen molar-refractivity contribution >= 4 is 38.7 Å². The number of fused-ring (bicyclic) bond motifs is 2. The number of rotatable bonds is 6. The summed E-state index contributed by atoms with van der Waals surface area (Å²) in [6, 6.07) is 56.6. The van der Waals surface area contributed by atoms with Gasteiger partial charge in [-0.2, -0.15) is 0 Å². The van der Waals surface area contributed by atoms with Gasteiger partial charge in [0.1, 0.15) is 11.6 Å². The molecule has 0 fully saturated rings. The molecule has 8 rings (SSSR count). The molecule has 1 N–H and O–H groups in total. The molecule has 0 amide bonds. The number of hydrogen-bond acceptors (Lipinski definition) is 4. The maximum absolute atomic E-state index is 10.8. The third-order valence-corrected chi connectivity index (χ3v) is 8.26. The van der Waals surface area contributed by atoms with Crippen molar-refractivity contribution in [3.63, 3.8) is 0 Å². The molecule has 0 radical (unpaired) electrons. The Morgan fingerprint density at radius 2 is 1.23 bits per heavy atom. The maximum Gasteiger partial charge on any atom is 0.136 e. The zero-order valence-electron chi connectivity index (χ0n) is 25.2. The number of phenolic OH excluding ortho intramolecular Hbond substituents is 1. The summed E-state index contributed by atoms with van der Waals surface area (Å²) in [5, 5.41) is 15.2. The molecule has 0 aliphatic carbocycles. The molecule has 228 valence electrons. The van der Waals surface area contributed by atoms with Gasteiger partial charge in [-0.15, -0.1) is 29.8 Å². The van der Waals surface area contributed by atoms with Gasteiger partial charge in [-0.1, -0.05) is 109 Å². The Morgan fingerprint density at radius 1 is 0.553 bits per heavy atom. The Hall–Kier alpha value is -5.57. The van der Waals surface area contributed by atoms with Crippen LogP contribution in [0.25, 0.3) is 55.2 Å². The predicted octanol–water partition coefficient (Wildman–Crippen LogP) is 10.8. The Kier molecular flexibility index (Phi) is 8.35. The molecule has 2 aromatic heterocycles. The van der Waals surface area contributed by atoms with E-state index in [-0.39, 0.29) is 26.8 Å². The number of para-hydroxylation sites is 1. The van der Waals surface area contributed by atoms with E-state index in [0.717, 1.165) is 61.1 Å². The SMILES string of the molecule is Oc1ccccc1-c1cc(-c2ccccc2)cc(-c2[c-]c(N(c3cc4ccccc4cn3)c3cccc4ccccc34)ccc2)n1.[Pt]. The summed E-state index contributed by atoms with van der Waals surface area (Å²) in [7, 11) is 0. The van der Waals surface area contributed by atoms with Crippen LogP contribution in [-0.2, 0) is 21.1 Å². The minimum atomic E-state index is 0. The van der Waals surface area contributed by atoms with Crippen LogP contribution in [0.1, 0.15) is 0 Å². The first-order valence-electron chi connectivity index (χ1n) is 15.2. The second-order valence-electron chi connectivity index (χ2n) is 11.2. The van der Waals surface area contributed by atoms with Crippen LogP contribution in [0.5, 0.6) is 5.75 Å². The molecule has 0 aliphatic heterocycles. The molecule has 8 aromatic rings. The quantitative estimate of drug-likeness (QED) is 0.171. The van der Waals surface area contributed by atoms with E-state index in [2.05, 4.69) is 102 Å². The first-order valence-corrected chi connectivity index (χ1v) is 15.2. The minimum Gasteiger partial charge on any atom is -0.507 e. The van der Waals surface area contributed by atoms with Gasteiger partial charge in [-0.05, 0) is 63.6 Å². The Balaban J connectivity index is 0.00000351. The van der Waals surface area contributed by atoms with Crippen molar-refractivity contribution < 1.29 is 26.2 Å². The molecule has 0 saturated carbocycles. The molecule has 0 aliphatic rings. The zero-order valence-corrected chi connectivity index (χ0v) is 27.5. The summed E-state index contributed by atoms with van der Waals surface area (Å²) in [4.78, 5) is 12.2. The van der Waals surface area contributed by atoms with Crippen molar-refractivity contribution in [1.29, 1.82) is 0 Å². The minimum absolute atomic E-state index is 0. The number of phenols is 1.